The largest absolute Gasteiger partial charge is 0.490 e. The first-order valence-electron chi connectivity index (χ1n) is 6.45. The number of para-hydroxylation sites is 1. The van der Waals surface area contributed by atoms with Gasteiger partial charge in [0.2, 0.25) is 0 Å². The van der Waals surface area contributed by atoms with E-state index in [0.717, 1.165) is 19.1 Å². The third-order valence-electron chi connectivity index (χ3n) is 3.37. The summed E-state index contributed by atoms with van der Waals surface area (Å²) in [5, 5.41) is 8.79. The standard InChI is InChI=1S/C15H17NO3/c1-2-18-13-5-3-4-12(10-17)14(13)19-11-15(6-7-15)8-9-16/h3-5,10H,2,6-8,11H2,1H3. The Bertz CT molecular complexity index is 501. The fraction of sp³-hybridized carbons (Fsp3) is 0.467. The topological polar surface area (TPSA) is 59.3 Å². The quantitative estimate of drug-likeness (QED) is 0.706. The summed E-state index contributed by atoms with van der Waals surface area (Å²) in [5.41, 5.74) is 0.465. The molecule has 0 aromatic heterocycles. The Morgan fingerprint density at radius 3 is 2.79 bits per heavy atom. The molecule has 0 saturated heterocycles. The molecule has 0 spiro atoms. The van der Waals surface area contributed by atoms with Gasteiger partial charge in [-0.25, -0.2) is 0 Å². The Morgan fingerprint density at radius 2 is 2.21 bits per heavy atom. The summed E-state index contributed by atoms with van der Waals surface area (Å²) in [5.74, 6) is 1.07. The molecule has 0 N–H and O–H groups in total. The number of aldehydes is 1. The summed E-state index contributed by atoms with van der Waals surface area (Å²) in [6.07, 6.45) is 3.28. The monoisotopic (exact) mass is 259 g/mol. The van der Waals surface area contributed by atoms with Gasteiger partial charge in [0.1, 0.15) is 0 Å². The van der Waals surface area contributed by atoms with Gasteiger partial charge in [-0.2, -0.15) is 5.26 Å². The number of hydrogen-bond donors (Lipinski definition) is 0. The van der Waals surface area contributed by atoms with Crippen LogP contribution in [0.1, 0.15) is 36.5 Å². The summed E-state index contributed by atoms with van der Waals surface area (Å²) < 4.78 is 11.3. The molecular weight excluding hydrogens is 242 g/mol. The van der Waals surface area contributed by atoms with Crippen LogP contribution < -0.4 is 9.47 Å². The summed E-state index contributed by atoms with van der Waals surface area (Å²) >= 11 is 0. The highest BCUT2D eigenvalue weighted by atomic mass is 16.5. The van der Waals surface area contributed by atoms with Crippen LogP contribution in [0.4, 0.5) is 0 Å². The Balaban J connectivity index is 2.14. The molecule has 4 nitrogen and oxygen atoms in total. The van der Waals surface area contributed by atoms with Crippen molar-refractivity contribution >= 4 is 6.29 Å². The molecule has 0 heterocycles. The predicted molar refractivity (Wildman–Crippen MR) is 70.4 cm³/mol. The molecule has 1 saturated carbocycles. The Kier molecular flexibility index (Phi) is 4.06. The second-order valence-corrected chi connectivity index (χ2v) is 4.85. The van der Waals surface area contributed by atoms with Crippen molar-refractivity contribution < 1.29 is 14.3 Å². The highest BCUT2D eigenvalue weighted by Crippen LogP contribution is 2.49. The average Bonchev–Trinajstić information content (AvgIpc) is 3.18. The van der Waals surface area contributed by atoms with Gasteiger partial charge in [0.25, 0.3) is 0 Å². The molecule has 0 amide bonds. The van der Waals surface area contributed by atoms with E-state index in [0.29, 0.717) is 36.7 Å². The van der Waals surface area contributed by atoms with Crippen molar-refractivity contribution in [2.45, 2.75) is 26.2 Å². The van der Waals surface area contributed by atoms with Crippen LogP contribution in [0, 0.1) is 16.7 Å². The van der Waals surface area contributed by atoms with E-state index in [-0.39, 0.29) is 5.41 Å². The second kappa shape index (κ2) is 5.75. The average molecular weight is 259 g/mol. The number of rotatable bonds is 7. The van der Waals surface area contributed by atoms with Crippen LogP contribution >= 0.6 is 0 Å². The van der Waals surface area contributed by atoms with Crippen LogP contribution in [-0.2, 0) is 0 Å². The van der Waals surface area contributed by atoms with E-state index in [1.54, 1.807) is 18.2 Å². The van der Waals surface area contributed by atoms with Crippen LogP contribution in [0.5, 0.6) is 11.5 Å². The lowest BCUT2D eigenvalue weighted by molar-refractivity contribution is 0.111. The third-order valence-corrected chi connectivity index (χ3v) is 3.37. The number of nitrogens with zero attached hydrogens (tertiary/aromatic N) is 1. The van der Waals surface area contributed by atoms with E-state index in [4.69, 9.17) is 14.7 Å². The Hall–Kier alpha value is -2.02. The zero-order chi connectivity index (χ0) is 13.7. The number of benzene rings is 1. The molecule has 0 aliphatic heterocycles. The van der Waals surface area contributed by atoms with Crippen molar-refractivity contribution in [1.82, 2.24) is 0 Å². The van der Waals surface area contributed by atoms with Crippen molar-refractivity contribution in [2.24, 2.45) is 5.41 Å². The van der Waals surface area contributed by atoms with E-state index in [1.165, 1.54) is 0 Å². The minimum Gasteiger partial charge on any atom is -0.490 e. The fourth-order valence-electron chi connectivity index (χ4n) is 1.99. The van der Waals surface area contributed by atoms with Crippen LogP contribution in [0.2, 0.25) is 0 Å². The SMILES string of the molecule is CCOc1cccc(C=O)c1OCC1(CC#N)CC1. The smallest absolute Gasteiger partial charge is 0.171 e. The van der Waals surface area contributed by atoms with Crippen molar-refractivity contribution in [3.05, 3.63) is 23.8 Å². The Morgan fingerprint density at radius 1 is 1.42 bits per heavy atom. The maximum atomic E-state index is 11.1. The molecule has 1 fully saturated rings. The first-order valence-corrected chi connectivity index (χ1v) is 6.45. The van der Waals surface area contributed by atoms with E-state index in [9.17, 15) is 4.79 Å². The molecule has 4 heteroatoms. The molecule has 0 bridgehead atoms. The molecule has 1 aromatic carbocycles. The maximum absolute atomic E-state index is 11.1. The van der Waals surface area contributed by atoms with E-state index in [1.807, 2.05) is 6.92 Å². The first-order chi connectivity index (χ1) is 9.24. The molecule has 1 aromatic rings. The second-order valence-electron chi connectivity index (χ2n) is 4.85. The molecule has 0 radical (unpaired) electrons. The van der Waals surface area contributed by atoms with E-state index < -0.39 is 0 Å². The van der Waals surface area contributed by atoms with Gasteiger partial charge in [0, 0.05) is 11.8 Å². The first kappa shape index (κ1) is 13.4. The van der Waals surface area contributed by atoms with Gasteiger partial charge in [-0.3, -0.25) is 4.79 Å². The van der Waals surface area contributed by atoms with E-state index in [2.05, 4.69) is 6.07 Å². The van der Waals surface area contributed by atoms with Crippen molar-refractivity contribution in [3.63, 3.8) is 0 Å². The number of hydrogen-bond acceptors (Lipinski definition) is 4. The molecule has 2 rings (SSSR count). The van der Waals surface area contributed by atoms with Crippen LogP contribution in [-0.4, -0.2) is 19.5 Å². The maximum Gasteiger partial charge on any atom is 0.171 e. The molecule has 1 aliphatic rings. The highest BCUT2D eigenvalue weighted by molar-refractivity contribution is 5.81. The van der Waals surface area contributed by atoms with Crippen molar-refractivity contribution in [2.75, 3.05) is 13.2 Å². The lowest BCUT2D eigenvalue weighted by Gasteiger charge is -2.17. The van der Waals surface area contributed by atoms with Gasteiger partial charge in [-0.1, -0.05) is 6.07 Å². The van der Waals surface area contributed by atoms with Gasteiger partial charge >= 0.3 is 0 Å². The van der Waals surface area contributed by atoms with Crippen molar-refractivity contribution in [1.29, 1.82) is 5.26 Å². The predicted octanol–water partition coefficient (Wildman–Crippen LogP) is 2.97. The zero-order valence-electron chi connectivity index (χ0n) is 11.0. The number of carbonyl (C=O) groups is 1. The summed E-state index contributed by atoms with van der Waals surface area (Å²) in [7, 11) is 0. The highest BCUT2D eigenvalue weighted by Gasteiger charge is 2.43. The molecule has 19 heavy (non-hydrogen) atoms. The molecule has 0 unspecified atom stereocenters. The Labute approximate surface area is 112 Å². The van der Waals surface area contributed by atoms with Gasteiger partial charge in [-0.05, 0) is 31.9 Å². The molecule has 100 valence electrons. The normalized spacial score (nSPS) is 15.4. The number of carbonyl (C=O) groups excluding carboxylic acids is 1. The minimum absolute atomic E-state index is 0.0196. The van der Waals surface area contributed by atoms with Gasteiger partial charge < -0.3 is 9.47 Å². The van der Waals surface area contributed by atoms with E-state index >= 15 is 0 Å². The zero-order valence-corrected chi connectivity index (χ0v) is 11.0. The van der Waals surface area contributed by atoms with Crippen LogP contribution in [0.15, 0.2) is 18.2 Å². The molecule has 0 atom stereocenters. The number of nitriles is 1. The fourth-order valence-corrected chi connectivity index (χ4v) is 1.99. The summed E-state index contributed by atoms with van der Waals surface area (Å²) in [6, 6.07) is 7.45. The van der Waals surface area contributed by atoms with Crippen LogP contribution in [0.25, 0.3) is 0 Å². The van der Waals surface area contributed by atoms with Crippen molar-refractivity contribution in [3.8, 4) is 17.6 Å². The lowest BCUT2D eigenvalue weighted by atomic mass is 10.1. The van der Waals surface area contributed by atoms with Gasteiger partial charge in [-0.15, -0.1) is 0 Å². The van der Waals surface area contributed by atoms with Gasteiger partial charge in [0.05, 0.1) is 24.8 Å². The summed E-state index contributed by atoms with van der Waals surface area (Å²) in [6.45, 7) is 2.86. The summed E-state index contributed by atoms with van der Waals surface area (Å²) in [4.78, 5) is 11.1. The molecular formula is C15H17NO3. The van der Waals surface area contributed by atoms with Gasteiger partial charge in [0.15, 0.2) is 17.8 Å². The van der Waals surface area contributed by atoms with Crippen LogP contribution in [0.3, 0.4) is 0 Å². The number of ether oxygens (including phenoxy) is 2. The third kappa shape index (κ3) is 3.05. The minimum atomic E-state index is -0.0196. The lowest BCUT2D eigenvalue weighted by Crippen LogP contribution is -2.14. The molecule has 1 aliphatic carbocycles.